The Hall–Kier alpha value is -2.20. The van der Waals surface area contributed by atoms with E-state index in [2.05, 4.69) is 27.5 Å². The third-order valence-corrected chi connectivity index (χ3v) is 3.65. The van der Waals surface area contributed by atoms with Crippen molar-refractivity contribution in [1.29, 1.82) is 0 Å². The number of hydrogen-bond donors (Lipinski definition) is 0. The van der Waals surface area contributed by atoms with Crippen molar-refractivity contribution in [3.8, 4) is 11.3 Å². The number of aromatic nitrogens is 3. The molecule has 0 saturated carbocycles. The van der Waals surface area contributed by atoms with Crippen molar-refractivity contribution >= 4 is 23.5 Å². The summed E-state index contributed by atoms with van der Waals surface area (Å²) in [5.41, 5.74) is 3.24. The summed E-state index contributed by atoms with van der Waals surface area (Å²) >= 11 is 1.64. The molecular weight excluding hydrogens is 254 g/mol. The van der Waals surface area contributed by atoms with Crippen molar-refractivity contribution in [3.63, 3.8) is 0 Å². The standard InChI is InChI=1S/C15H13N3S/c1-18-11-16-9-13(18)7-8-15-17-14(10-19-15)12-5-3-2-4-6-12/h2-11H,1H3/b8-7+. The molecule has 0 aliphatic heterocycles. The highest BCUT2D eigenvalue weighted by molar-refractivity contribution is 7.10. The van der Waals surface area contributed by atoms with Crippen LogP contribution in [0, 0.1) is 0 Å². The van der Waals surface area contributed by atoms with Gasteiger partial charge in [0, 0.05) is 18.0 Å². The second-order valence-corrected chi connectivity index (χ2v) is 5.09. The third-order valence-electron chi connectivity index (χ3n) is 2.84. The lowest BCUT2D eigenvalue weighted by Gasteiger charge is -1.94. The highest BCUT2D eigenvalue weighted by Gasteiger charge is 2.01. The van der Waals surface area contributed by atoms with Gasteiger partial charge < -0.3 is 4.57 Å². The van der Waals surface area contributed by atoms with Gasteiger partial charge >= 0.3 is 0 Å². The Morgan fingerprint density at radius 3 is 2.74 bits per heavy atom. The van der Waals surface area contributed by atoms with E-state index in [1.54, 1.807) is 17.7 Å². The van der Waals surface area contributed by atoms with E-state index >= 15 is 0 Å². The van der Waals surface area contributed by atoms with E-state index < -0.39 is 0 Å². The minimum absolute atomic E-state index is 1.00. The van der Waals surface area contributed by atoms with E-state index in [0.29, 0.717) is 0 Å². The Morgan fingerprint density at radius 2 is 2.00 bits per heavy atom. The fraction of sp³-hybridized carbons (Fsp3) is 0.0667. The molecule has 0 aliphatic rings. The van der Waals surface area contributed by atoms with Gasteiger partial charge in [0.1, 0.15) is 5.01 Å². The maximum absolute atomic E-state index is 4.61. The first-order valence-corrected chi connectivity index (χ1v) is 6.86. The van der Waals surface area contributed by atoms with E-state index in [1.165, 1.54) is 0 Å². The molecule has 3 nitrogen and oxygen atoms in total. The van der Waals surface area contributed by atoms with Crippen LogP contribution in [0.15, 0.2) is 48.2 Å². The van der Waals surface area contributed by atoms with Crippen LogP contribution >= 0.6 is 11.3 Å². The van der Waals surface area contributed by atoms with Crippen LogP contribution in [0.2, 0.25) is 0 Å². The summed E-state index contributed by atoms with van der Waals surface area (Å²) in [5, 5.41) is 3.08. The molecule has 3 rings (SSSR count). The molecule has 4 heteroatoms. The summed E-state index contributed by atoms with van der Waals surface area (Å²) in [6.07, 6.45) is 7.67. The topological polar surface area (TPSA) is 30.7 Å². The molecule has 0 aliphatic carbocycles. The number of imidazole rings is 1. The van der Waals surface area contributed by atoms with E-state index in [0.717, 1.165) is 22.0 Å². The van der Waals surface area contributed by atoms with Crippen LogP contribution in [-0.4, -0.2) is 14.5 Å². The van der Waals surface area contributed by atoms with Crippen LogP contribution < -0.4 is 0 Å². The summed E-state index contributed by atoms with van der Waals surface area (Å²) in [5.74, 6) is 0. The summed E-state index contributed by atoms with van der Waals surface area (Å²) < 4.78 is 1.97. The Kier molecular flexibility index (Phi) is 3.25. The predicted molar refractivity (Wildman–Crippen MR) is 79.7 cm³/mol. The third kappa shape index (κ3) is 2.63. The lowest BCUT2D eigenvalue weighted by molar-refractivity contribution is 0.902. The molecule has 0 fully saturated rings. The molecule has 0 radical (unpaired) electrons. The van der Waals surface area contributed by atoms with Gasteiger partial charge in [0.25, 0.3) is 0 Å². The van der Waals surface area contributed by atoms with Gasteiger partial charge in [-0.1, -0.05) is 30.3 Å². The fourth-order valence-electron chi connectivity index (χ4n) is 1.79. The summed E-state index contributed by atoms with van der Waals surface area (Å²) in [4.78, 5) is 8.69. The van der Waals surface area contributed by atoms with E-state index in [9.17, 15) is 0 Å². The molecule has 0 spiro atoms. The molecule has 3 aromatic rings. The molecule has 19 heavy (non-hydrogen) atoms. The highest BCUT2D eigenvalue weighted by atomic mass is 32.1. The van der Waals surface area contributed by atoms with E-state index in [1.807, 2.05) is 48.2 Å². The van der Waals surface area contributed by atoms with Crippen LogP contribution in [0.4, 0.5) is 0 Å². The largest absolute Gasteiger partial charge is 0.334 e. The summed E-state index contributed by atoms with van der Waals surface area (Å²) in [6.45, 7) is 0. The molecule has 94 valence electrons. The molecule has 0 atom stereocenters. The number of hydrogen-bond acceptors (Lipinski definition) is 3. The molecule has 0 bridgehead atoms. The number of aryl methyl sites for hydroxylation is 1. The Labute approximate surface area is 115 Å². The highest BCUT2D eigenvalue weighted by Crippen LogP contribution is 2.22. The maximum Gasteiger partial charge on any atom is 0.116 e. The van der Waals surface area contributed by atoms with Crippen LogP contribution in [0.3, 0.4) is 0 Å². The number of rotatable bonds is 3. The molecule has 0 N–H and O–H groups in total. The van der Waals surface area contributed by atoms with Crippen LogP contribution in [-0.2, 0) is 7.05 Å². The SMILES string of the molecule is Cn1cncc1/C=C/c1nc(-c2ccccc2)cs1. The maximum atomic E-state index is 4.61. The molecule has 0 unspecified atom stereocenters. The molecule has 0 saturated heterocycles. The first kappa shape index (κ1) is 11.9. The quantitative estimate of drug-likeness (QED) is 0.724. The van der Waals surface area contributed by atoms with Crippen molar-refractivity contribution in [3.05, 3.63) is 58.9 Å². The van der Waals surface area contributed by atoms with Gasteiger partial charge in [-0.25, -0.2) is 9.97 Å². The summed E-state index contributed by atoms with van der Waals surface area (Å²) in [7, 11) is 1.98. The van der Waals surface area contributed by atoms with Crippen LogP contribution in [0.1, 0.15) is 10.7 Å². The molecular formula is C15H13N3S. The number of thiazole rings is 1. The molecule has 2 heterocycles. The smallest absolute Gasteiger partial charge is 0.116 e. The average molecular weight is 267 g/mol. The monoisotopic (exact) mass is 267 g/mol. The van der Waals surface area contributed by atoms with Crippen LogP contribution in [0.5, 0.6) is 0 Å². The van der Waals surface area contributed by atoms with Gasteiger partial charge in [0.05, 0.1) is 23.9 Å². The Morgan fingerprint density at radius 1 is 1.16 bits per heavy atom. The minimum Gasteiger partial charge on any atom is -0.334 e. The first-order chi connectivity index (χ1) is 9.33. The number of nitrogens with zero attached hydrogens (tertiary/aromatic N) is 3. The Balaban J connectivity index is 1.83. The summed E-state index contributed by atoms with van der Waals surface area (Å²) in [6, 6.07) is 10.2. The number of benzene rings is 1. The fourth-order valence-corrected chi connectivity index (χ4v) is 2.51. The molecule has 0 amide bonds. The second kappa shape index (κ2) is 5.20. The van der Waals surface area contributed by atoms with Gasteiger partial charge in [-0.05, 0) is 12.2 Å². The second-order valence-electron chi connectivity index (χ2n) is 4.20. The van der Waals surface area contributed by atoms with Gasteiger partial charge in [-0.2, -0.15) is 0 Å². The molecule has 1 aromatic carbocycles. The van der Waals surface area contributed by atoms with Crippen molar-refractivity contribution in [2.45, 2.75) is 0 Å². The van der Waals surface area contributed by atoms with Gasteiger partial charge in [0.15, 0.2) is 0 Å². The Bertz CT molecular complexity index is 695. The van der Waals surface area contributed by atoms with Gasteiger partial charge in [0.2, 0.25) is 0 Å². The van der Waals surface area contributed by atoms with E-state index in [4.69, 9.17) is 0 Å². The zero-order chi connectivity index (χ0) is 13.1. The van der Waals surface area contributed by atoms with Crippen molar-refractivity contribution in [1.82, 2.24) is 14.5 Å². The van der Waals surface area contributed by atoms with Crippen molar-refractivity contribution < 1.29 is 0 Å². The zero-order valence-corrected chi connectivity index (χ0v) is 11.3. The zero-order valence-electron chi connectivity index (χ0n) is 10.5. The lowest BCUT2D eigenvalue weighted by Crippen LogP contribution is -1.86. The lowest BCUT2D eigenvalue weighted by atomic mass is 10.2. The predicted octanol–water partition coefficient (Wildman–Crippen LogP) is 3.71. The first-order valence-electron chi connectivity index (χ1n) is 5.98. The molecule has 2 aromatic heterocycles. The van der Waals surface area contributed by atoms with Crippen molar-refractivity contribution in [2.24, 2.45) is 7.05 Å². The van der Waals surface area contributed by atoms with Gasteiger partial charge in [-0.3, -0.25) is 0 Å². The van der Waals surface area contributed by atoms with E-state index in [-0.39, 0.29) is 0 Å². The average Bonchev–Trinajstić information content (AvgIpc) is 3.06. The van der Waals surface area contributed by atoms with Gasteiger partial charge in [-0.15, -0.1) is 11.3 Å². The van der Waals surface area contributed by atoms with Crippen LogP contribution in [0.25, 0.3) is 23.4 Å². The van der Waals surface area contributed by atoms with Crippen molar-refractivity contribution in [2.75, 3.05) is 0 Å². The minimum atomic E-state index is 1.00. The normalized spacial score (nSPS) is 11.2.